The normalized spacial score (nSPS) is 11.2. The highest BCUT2D eigenvalue weighted by atomic mass is 19.1. The lowest BCUT2D eigenvalue weighted by Gasteiger charge is -2.01. The van der Waals surface area contributed by atoms with Gasteiger partial charge in [-0.25, -0.2) is 8.78 Å². The van der Waals surface area contributed by atoms with Crippen LogP contribution in [0.15, 0.2) is 24.3 Å². The lowest BCUT2D eigenvalue weighted by molar-refractivity contribution is 0.199. The molecule has 0 aliphatic carbocycles. The van der Waals surface area contributed by atoms with Gasteiger partial charge in [-0.2, -0.15) is 0 Å². The van der Waals surface area contributed by atoms with Crippen molar-refractivity contribution in [2.75, 3.05) is 26.8 Å². The monoisotopic (exact) mass is 241 g/mol. The maximum Gasteiger partial charge on any atom is 0.130 e. The Bertz CT molecular complexity index is 366. The van der Waals surface area contributed by atoms with Gasteiger partial charge in [0.15, 0.2) is 0 Å². The van der Waals surface area contributed by atoms with E-state index in [1.165, 1.54) is 6.07 Å². The molecule has 1 rings (SSSR count). The summed E-state index contributed by atoms with van der Waals surface area (Å²) < 4.78 is 30.9. The minimum absolute atomic E-state index is 0.280. The van der Waals surface area contributed by atoms with Crippen LogP contribution < -0.4 is 5.32 Å². The van der Waals surface area contributed by atoms with Crippen LogP contribution in [-0.4, -0.2) is 26.8 Å². The molecule has 0 radical (unpaired) electrons. The van der Waals surface area contributed by atoms with Crippen LogP contribution in [0.5, 0.6) is 0 Å². The van der Waals surface area contributed by atoms with Crippen LogP contribution in [0, 0.1) is 11.6 Å². The lowest BCUT2D eigenvalue weighted by Crippen LogP contribution is -2.19. The van der Waals surface area contributed by atoms with Crippen molar-refractivity contribution in [3.63, 3.8) is 0 Å². The molecule has 0 spiro atoms. The first-order chi connectivity index (χ1) is 8.24. The van der Waals surface area contributed by atoms with E-state index >= 15 is 0 Å². The quantitative estimate of drug-likeness (QED) is 0.741. The average molecular weight is 241 g/mol. The summed E-state index contributed by atoms with van der Waals surface area (Å²) in [5, 5.41) is 3.15. The van der Waals surface area contributed by atoms with E-state index in [-0.39, 0.29) is 5.56 Å². The van der Waals surface area contributed by atoms with Crippen LogP contribution in [0.3, 0.4) is 0 Å². The summed E-state index contributed by atoms with van der Waals surface area (Å²) in [6, 6.07) is 3.43. The van der Waals surface area contributed by atoms with E-state index in [2.05, 4.69) is 5.32 Å². The van der Waals surface area contributed by atoms with Gasteiger partial charge >= 0.3 is 0 Å². The molecule has 0 aliphatic heterocycles. The third kappa shape index (κ3) is 5.56. The molecule has 0 aromatic heterocycles. The van der Waals surface area contributed by atoms with Gasteiger partial charge in [0, 0.05) is 19.2 Å². The highest BCUT2D eigenvalue weighted by molar-refractivity contribution is 5.49. The summed E-state index contributed by atoms with van der Waals surface area (Å²) in [5.41, 5.74) is 0.280. The SMILES string of the molecule is COCCNCCC=Cc1cc(F)ccc1F. The molecular weight excluding hydrogens is 224 g/mol. The fraction of sp³-hybridized carbons (Fsp3) is 0.385. The van der Waals surface area contributed by atoms with E-state index in [1.807, 2.05) is 6.08 Å². The summed E-state index contributed by atoms with van der Waals surface area (Å²) in [4.78, 5) is 0. The summed E-state index contributed by atoms with van der Waals surface area (Å²) >= 11 is 0. The minimum Gasteiger partial charge on any atom is -0.383 e. The molecule has 0 atom stereocenters. The molecule has 1 aromatic carbocycles. The average Bonchev–Trinajstić information content (AvgIpc) is 2.32. The van der Waals surface area contributed by atoms with Gasteiger partial charge in [-0.3, -0.25) is 0 Å². The van der Waals surface area contributed by atoms with Crippen LogP contribution in [0.1, 0.15) is 12.0 Å². The zero-order chi connectivity index (χ0) is 12.5. The molecule has 0 fully saturated rings. The van der Waals surface area contributed by atoms with Crippen LogP contribution in [0.2, 0.25) is 0 Å². The van der Waals surface area contributed by atoms with E-state index in [1.54, 1.807) is 13.2 Å². The van der Waals surface area contributed by atoms with Crippen molar-refractivity contribution in [3.8, 4) is 0 Å². The fourth-order valence-corrected chi connectivity index (χ4v) is 1.34. The highest BCUT2D eigenvalue weighted by Crippen LogP contribution is 2.11. The summed E-state index contributed by atoms with van der Waals surface area (Å²) in [6.45, 7) is 2.25. The molecule has 0 amide bonds. The van der Waals surface area contributed by atoms with E-state index in [0.29, 0.717) is 6.61 Å². The molecule has 1 aromatic rings. The molecule has 0 saturated heterocycles. The Morgan fingerprint density at radius 2 is 2.12 bits per heavy atom. The van der Waals surface area contributed by atoms with Crippen molar-refractivity contribution >= 4 is 6.08 Å². The summed E-state index contributed by atoms with van der Waals surface area (Å²) in [6.07, 6.45) is 4.17. The highest BCUT2D eigenvalue weighted by Gasteiger charge is 1.99. The molecule has 1 N–H and O–H groups in total. The Labute approximate surface area is 100 Å². The Balaban J connectivity index is 2.30. The fourth-order valence-electron chi connectivity index (χ4n) is 1.34. The second-order valence-corrected chi connectivity index (χ2v) is 3.60. The maximum atomic E-state index is 13.2. The van der Waals surface area contributed by atoms with Crippen molar-refractivity contribution < 1.29 is 13.5 Å². The zero-order valence-corrected chi connectivity index (χ0v) is 9.88. The van der Waals surface area contributed by atoms with Crippen molar-refractivity contribution in [3.05, 3.63) is 41.5 Å². The summed E-state index contributed by atoms with van der Waals surface area (Å²) in [7, 11) is 1.65. The second-order valence-electron chi connectivity index (χ2n) is 3.60. The largest absolute Gasteiger partial charge is 0.383 e. The lowest BCUT2D eigenvalue weighted by atomic mass is 10.2. The Kier molecular flexibility index (Phi) is 6.43. The van der Waals surface area contributed by atoms with Gasteiger partial charge < -0.3 is 10.1 Å². The molecule has 0 bridgehead atoms. The van der Waals surface area contributed by atoms with Crippen molar-refractivity contribution in [2.24, 2.45) is 0 Å². The first kappa shape index (κ1) is 13.8. The number of halogens is 2. The predicted molar refractivity (Wildman–Crippen MR) is 64.8 cm³/mol. The van der Waals surface area contributed by atoms with Gasteiger partial charge in [0.25, 0.3) is 0 Å². The van der Waals surface area contributed by atoms with Crippen LogP contribution in [0.25, 0.3) is 6.08 Å². The third-order valence-electron chi connectivity index (χ3n) is 2.23. The van der Waals surface area contributed by atoms with Gasteiger partial charge in [-0.05, 0) is 31.2 Å². The molecule has 0 aliphatic rings. The second kappa shape index (κ2) is 7.92. The number of benzene rings is 1. The van der Waals surface area contributed by atoms with Crippen molar-refractivity contribution in [2.45, 2.75) is 6.42 Å². The summed E-state index contributed by atoms with van der Waals surface area (Å²) in [5.74, 6) is -0.834. The molecule has 0 heterocycles. The first-order valence-corrected chi connectivity index (χ1v) is 5.55. The predicted octanol–water partition coefficient (Wildman–Crippen LogP) is 2.60. The number of nitrogens with one attached hydrogen (secondary N) is 1. The van der Waals surface area contributed by atoms with Gasteiger partial charge in [0.1, 0.15) is 11.6 Å². The Hall–Kier alpha value is -1.26. The Morgan fingerprint density at radius 1 is 1.29 bits per heavy atom. The maximum absolute atomic E-state index is 13.2. The topological polar surface area (TPSA) is 21.3 Å². The van der Waals surface area contributed by atoms with Gasteiger partial charge in [0.05, 0.1) is 6.61 Å². The molecule has 0 saturated carbocycles. The van der Waals surface area contributed by atoms with Crippen LogP contribution >= 0.6 is 0 Å². The van der Waals surface area contributed by atoms with Gasteiger partial charge in [-0.1, -0.05) is 12.2 Å². The van der Waals surface area contributed by atoms with Gasteiger partial charge in [-0.15, -0.1) is 0 Å². The van der Waals surface area contributed by atoms with E-state index < -0.39 is 11.6 Å². The van der Waals surface area contributed by atoms with Gasteiger partial charge in [0.2, 0.25) is 0 Å². The molecule has 4 heteroatoms. The van der Waals surface area contributed by atoms with E-state index in [9.17, 15) is 8.78 Å². The zero-order valence-electron chi connectivity index (χ0n) is 9.88. The number of hydrogen-bond donors (Lipinski definition) is 1. The van der Waals surface area contributed by atoms with Crippen LogP contribution in [0.4, 0.5) is 8.78 Å². The molecular formula is C13H17F2NO. The van der Waals surface area contributed by atoms with E-state index in [4.69, 9.17) is 4.74 Å². The number of hydrogen-bond acceptors (Lipinski definition) is 2. The number of rotatable bonds is 7. The smallest absolute Gasteiger partial charge is 0.130 e. The first-order valence-electron chi connectivity index (χ1n) is 5.55. The van der Waals surface area contributed by atoms with Crippen molar-refractivity contribution in [1.82, 2.24) is 5.32 Å². The standard InChI is InChI=1S/C13H17F2NO/c1-17-9-8-16-7-3-2-4-11-10-12(14)5-6-13(11)15/h2,4-6,10,16H,3,7-9H2,1H3. The molecule has 17 heavy (non-hydrogen) atoms. The number of methoxy groups -OCH3 is 1. The third-order valence-corrected chi connectivity index (χ3v) is 2.23. The molecule has 2 nitrogen and oxygen atoms in total. The minimum atomic E-state index is -0.427. The number of ether oxygens (including phenoxy) is 1. The van der Waals surface area contributed by atoms with E-state index in [0.717, 1.165) is 31.6 Å². The molecule has 0 unspecified atom stereocenters. The Morgan fingerprint density at radius 3 is 2.88 bits per heavy atom. The van der Waals surface area contributed by atoms with Crippen LogP contribution in [-0.2, 0) is 4.74 Å². The van der Waals surface area contributed by atoms with Crippen molar-refractivity contribution in [1.29, 1.82) is 0 Å². The molecule has 94 valence electrons.